The molecular weight excluding hydrogens is 248 g/mol. The molecule has 2 aliphatic rings. The molecular formula is C17H28N2O. The number of hydrogen-bond acceptors (Lipinski definition) is 3. The zero-order chi connectivity index (χ0) is 13.8. The van der Waals surface area contributed by atoms with Crippen LogP contribution in [0.25, 0.3) is 0 Å². The summed E-state index contributed by atoms with van der Waals surface area (Å²) in [6.45, 7) is 6.23. The van der Waals surface area contributed by atoms with Crippen LogP contribution in [0.1, 0.15) is 57.0 Å². The lowest BCUT2D eigenvalue weighted by Crippen LogP contribution is -2.34. The van der Waals surface area contributed by atoms with E-state index in [0.717, 1.165) is 43.1 Å². The average molecular weight is 276 g/mol. The summed E-state index contributed by atoms with van der Waals surface area (Å²) >= 11 is 0. The summed E-state index contributed by atoms with van der Waals surface area (Å²) in [4.78, 5) is 2.67. The molecule has 1 aliphatic heterocycles. The third-order valence-corrected chi connectivity index (χ3v) is 4.98. The van der Waals surface area contributed by atoms with Crippen molar-refractivity contribution in [2.24, 2.45) is 5.92 Å². The minimum atomic E-state index is 0.819. The number of hydrogen-bond donors (Lipinski definition) is 1. The molecule has 1 aliphatic carbocycles. The van der Waals surface area contributed by atoms with Gasteiger partial charge in [-0.05, 0) is 56.8 Å². The Bertz CT molecular complexity index is 409. The van der Waals surface area contributed by atoms with E-state index in [-0.39, 0.29) is 0 Å². The molecule has 20 heavy (non-hydrogen) atoms. The average Bonchev–Trinajstić information content (AvgIpc) is 3.18. The van der Waals surface area contributed by atoms with Crippen LogP contribution in [0.3, 0.4) is 0 Å². The number of likely N-dealkylation sites (tertiary alicyclic amines) is 1. The molecule has 1 saturated heterocycles. The molecule has 1 atom stereocenters. The fourth-order valence-electron chi connectivity index (χ4n) is 3.97. The maximum absolute atomic E-state index is 5.95. The Morgan fingerprint density at radius 3 is 2.75 bits per heavy atom. The summed E-state index contributed by atoms with van der Waals surface area (Å²) in [7, 11) is 0. The molecule has 0 radical (unpaired) electrons. The van der Waals surface area contributed by atoms with Gasteiger partial charge in [0, 0.05) is 6.04 Å². The van der Waals surface area contributed by atoms with Crippen molar-refractivity contribution in [3.05, 3.63) is 23.7 Å². The Balaban J connectivity index is 1.57. The minimum Gasteiger partial charge on any atom is -0.463 e. The molecule has 3 rings (SSSR count). The summed E-state index contributed by atoms with van der Waals surface area (Å²) in [5, 5.41) is 3.32. The van der Waals surface area contributed by atoms with Crippen molar-refractivity contribution in [3.63, 3.8) is 0 Å². The Morgan fingerprint density at radius 1 is 1.15 bits per heavy atom. The van der Waals surface area contributed by atoms with Crippen LogP contribution < -0.4 is 5.32 Å². The summed E-state index contributed by atoms with van der Waals surface area (Å²) in [6, 6.07) is 5.11. The van der Waals surface area contributed by atoms with Crippen LogP contribution in [0.15, 0.2) is 16.5 Å². The topological polar surface area (TPSA) is 28.4 Å². The van der Waals surface area contributed by atoms with Crippen molar-refractivity contribution in [2.75, 3.05) is 13.1 Å². The van der Waals surface area contributed by atoms with Crippen molar-refractivity contribution in [1.29, 1.82) is 0 Å². The molecule has 0 bridgehead atoms. The Morgan fingerprint density at radius 2 is 1.95 bits per heavy atom. The lowest BCUT2D eigenvalue weighted by atomic mass is 9.96. The van der Waals surface area contributed by atoms with Crippen LogP contribution in [0.2, 0.25) is 0 Å². The van der Waals surface area contributed by atoms with E-state index >= 15 is 0 Å². The highest BCUT2D eigenvalue weighted by molar-refractivity contribution is 5.07. The third-order valence-electron chi connectivity index (χ3n) is 4.98. The number of furan rings is 1. The minimum absolute atomic E-state index is 0.819. The monoisotopic (exact) mass is 276 g/mol. The first-order valence-electron chi connectivity index (χ1n) is 8.39. The number of nitrogens with zero attached hydrogens (tertiary/aromatic N) is 1. The van der Waals surface area contributed by atoms with Gasteiger partial charge in [-0.2, -0.15) is 0 Å². The second-order valence-corrected chi connectivity index (χ2v) is 6.37. The maximum Gasteiger partial charge on any atom is 0.118 e. The third kappa shape index (κ3) is 3.26. The predicted octanol–water partition coefficient (Wildman–Crippen LogP) is 3.54. The molecule has 0 spiro atoms. The van der Waals surface area contributed by atoms with Crippen molar-refractivity contribution in [3.8, 4) is 0 Å². The van der Waals surface area contributed by atoms with E-state index in [1.165, 1.54) is 45.1 Å². The van der Waals surface area contributed by atoms with E-state index < -0.39 is 0 Å². The zero-order valence-corrected chi connectivity index (χ0v) is 12.7. The van der Waals surface area contributed by atoms with E-state index in [4.69, 9.17) is 4.42 Å². The van der Waals surface area contributed by atoms with Crippen LogP contribution in [-0.2, 0) is 13.1 Å². The van der Waals surface area contributed by atoms with Gasteiger partial charge in [-0.15, -0.1) is 0 Å². The van der Waals surface area contributed by atoms with Crippen LogP contribution in [0, 0.1) is 5.92 Å². The molecule has 0 aromatic carbocycles. The first-order chi connectivity index (χ1) is 9.86. The van der Waals surface area contributed by atoms with Gasteiger partial charge >= 0.3 is 0 Å². The SMILES string of the molecule is CCNCc1ccc(CN2CCCC2C2CCCC2)o1. The van der Waals surface area contributed by atoms with Crippen LogP contribution >= 0.6 is 0 Å². The molecule has 2 heterocycles. The van der Waals surface area contributed by atoms with Crippen LogP contribution in [0.5, 0.6) is 0 Å². The molecule has 112 valence electrons. The van der Waals surface area contributed by atoms with Gasteiger partial charge < -0.3 is 9.73 Å². The fourth-order valence-corrected chi connectivity index (χ4v) is 3.97. The summed E-state index contributed by atoms with van der Waals surface area (Å²) in [5.41, 5.74) is 0. The largest absolute Gasteiger partial charge is 0.463 e. The van der Waals surface area contributed by atoms with Gasteiger partial charge in [0.15, 0.2) is 0 Å². The summed E-state index contributed by atoms with van der Waals surface area (Å²) in [6.07, 6.45) is 8.56. The second kappa shape index (κ2) is 6.77. The van der Waals surface area contributed by atoms with Crippen molar-refractivity contribution >= 4 is 0 Å². The van der Waals surface area contributed by atoms with Gasteiger partial charge in [-0.3, -0.25) is 4.90 Å². The van der Waals surface area contributed by atoms with E-state index in [1.807, 2.05) is 0 Å². The van der Waals surface area contributed by atoms with Gasteiger partial charge in [0.2, 0.25) is 0 Å². The van der Waals surface area contributed by atoms with Gasteiger partial charge in [0.05, 0.1) is 13.1 Å². The van der Waals surface area contributed by atoms with Gasteiger partial charge in [0.1, 0.15) is 11.5 Å². The Hall–Kier alpha value is -0.800. The van der Waals surface area contributed by atoms with Crippen molar-refractivity contribution in [2.45, 2.75) is 64.6 Å². The first kappa shape index (κ1) is 14.2. The molecule has 3 nitrogen and oxygen atoms in total. The quantitative estimate of drug-likeness (QED) is 0.861. The number of rotatable bonds is 6. The lowest BCUT2D eigenvalue weighted by Gasteiger charge is -2.28. The highest BCUT2D eigenvalue weighted by Crippen LogP contribution is 2.36. The molecule has 0 amide bonds. The molecule has 1 saturated carbocycles. The number of nitrogens with one attached hydrogen (secondary N) is 1. The van der Waals surface area contributed by atoms with Gasteiger partial charge in [-0.25, -0.2) is 0 Å². The van der Waals surface area contributed by atoms with Crippen LogP contribution in [-0.4, -0.2) is 24.0 Å². The summed E-state index contributed by atoms with van der Waals surface area (Å²) in [5.74, 6) is 3.16. The molecule has 2 fully saturated rings. The smallest absolute Gasteiger partial charge is 0.118 e. The summed E-state index contributed by atoms with van der Waals surface area (Å²) < 4.78 is 5.95. The Kier molecular flexibility index (Phi) is 4.79. The maximum atomic E-state index is 5.95. The van der Waals surface area contributed by atoms with Gasteiger partial charge in [0.25, 0.3) is 0 Å². The standard InChI is InChI=1S/C17H28N2O/c1-2-18-12-15-9-10-16(20-15)13-19-11-5-8-17(19)14-6-3-4-7-14/h9-10,14,17-18H,2-8,11-13H2,1H3. The van der Waals surface area contributed by atoms with E-state index in [0.29, 0.717) is 0 Å². The van der Waals surface area contributed by atoms with E-state index in [9.17, 15) is 0 Å². The molecule has 1 unspecified atom stereocenters. The highest BCUT2D eigenvalue weighted by Gasteiger charge is 2.33. The molecule has 1 N–H and O–H groups in total. The Labute approximate surface area is 122 Å². The molecule has 3 heteroatoms. The van der Waals surface area contributed by atoms with Crippen LogP contribution in [0.4, 0.5) is 0 Å². The van der Waals surface area contributed by atoms with Crippen molar-refractivity contribution in [1.82, 2.24) is 10.2 Å². The fraction of sp³-hybridized carbons (Fsp3) is 0.765. The second-order valence-electron chi connectivity index (χ2n) is 6.37. The van der Waals surface area contributed by atoms with Gasteiger partial charge in [-0.1, -0.05) is 19.8 Å². The predicted molar refractivity (Wildman–Crippen MR) is 81.5 cm³/mol. The first-order valence-corrected chi connectivity index (χ1v) is 8.39. The lowest BCUT2D eigenvalue weighted by molar-refractivity contribution is 0.170. The zero-order valence-electron chi connectivity index (χ0n) is 12.7. The highest BCUT2D eigenvalue weighted by atomic mass is 16.3. The molecule has 1 aromatic rings. The normalized spacial score (nSPS) is 24.8. The van der Waals surface area contributed by atoms with E-state index in [1.54, 1.807) is 0 Å². The molecule has 1 aromatic heterocycles. The van der Waals surface area contributed by atoms with E-state index in [2.05, 4.69) is 29.3 Å². The van der Waals surface area contributed by atoms with Crippen molar-refractivity contribution < 1.29 is 4.42 Å².